The van der Waals surface area contributed by atoms with Crippen molar-refractivity contribution in [2.45, 2.75) is 32.4 Å². The molecule has 0 aliphatic rings. The molecule has 0 fully saturated rings. The van der Waals surface area contributed by atoms with Crippen molar-refractivity contribution in [2.75, 3.05) is 0 Å². The van der Waals surface area contributed by atoms with Crippen LogP contribution in [0, 0.1) is 5.82 Å². The van der Waals surface area contributed by atoms with Crippen molar-refractivity contribution in [1.29, 1.82) is 0 Å². The molecule has 0 aliphatic carbocycles. The van der Waals surface area contributed by atoms with Gasteiger partial charge in [-0.1, -0.05) is 19.1 Å². The molecular formula is C12H17FN2O. The Bertz CT molecular complexity index is 368. The van der Waals surface area contributed by atoms with E-state index >= 15 is 0 Å². The highest BCUT2D eigenvalue weighted by molar-refractivity contribution is 5.81. The number of halogens is 1. The van der Waals surface area contributed by atoms with Gasteiger partial charge in [-0.15, -0.1) is 0 Å². The van der Waals surface area contributed by atoms with Crippen LogP contribution in [-0.4, -0.2) is 11.9 Å². The maximum atomic E-state index is 13.0. The van der Waals surface area contributed by atoms with E-state index in [1.165, 1.54) is 12.1 Å². The van der Waals surface area contributed by atoms with Crippen LogP contribution < -0.4 is 11.1 Å². The first kappa shape index (κ1) is 12.6. The minimum absolute atomic E-state index is 0.153. The number of benzene rings is 1. The van der Waals surface area contributed by atoms with Gasteiger partial charge in [-0.3, -0.25) is 10.1 Å². The van der Waals surface area contributed by atoms with Crippen LogP contribution in [-0.2, 0) is 4.79 Å². The fourth-order valence-corrected chi connectivity index (χ4v) is 1.43. The molecule has 2 unspecified atom stereocenters. The number of hydrogen-bond donors (Lipinski definition) is 2. The van der Waals surface area contributed by atoms with E-state index in [-0.39, 0.29) is 11.9 Å². The molecule has 0 spiro atoms. The van der Waals surface area contributed by atoms with Gasteiger partial charge in [0.15, 0.2) is 0 Å². The second-order valence-electron chi connectivity index (χ2n) is 3.87. The first-order valence-corrected chi connectivity index (χ1v) is 5.35. The number of amides is 1. The Morgan fingerprint density at radius 2 is 2.25 bits per heavy atom. The Morgan fingerprint density at radius 3 is 2.75 bits per heavy atom. The van der Waals surface area contributed by atoms with Crippen molar-refractivity contribution in [3.8, 4) is 0 Å². The van der Waals surface area contributed by atoms with Gasteiger partial charge in [0.25, 0.3) is 0 Å². The van der Waals surface area contributed by atoms with Gasteiger partial charge in [0.05, 0.1) is 0 Å². The Kier molecular flexibility index (Phi) is 4.43. The van der Waals surface area contributed by atoms with Crippen LogP contribution in [0.4, 0.5) is 4.39 Å². The van der Waals surface area contributed by atoms with E-state index in [9.17, 15) is 9.18 Å². The summed E-state index contributed by atoms with van der Waals surface area (Å²) in [5.74, 6) is -0.861. The van der Waals surface area contributed by atoms with E-state index in [2.05, 4.69) is 5.32 Å². The molecule has 0 bridgehead atoms. The topological polar surface area (TPSA) is 55.1 Å². The molecule has 16 heavy (non-hydrogen) atoms. The van der Waals surface area contributed by atoms with E-state index in [1.54, 1.807) is 12.1 Å². The zero-order valence-electron chi connectivity index (χ0n) is 9.53. The minimum atomic E-state index is -0.634. The molecule has 0 aromatic heterocycles. The smallest absolute Gasteiger partial charge is 0.239 e. The second kappa shape index (κ2) is 5.61. The Labute approximate surface area is 94.8 Å². The average Bonchev–Trinajstić information content (AvgIpc) is 2.25. The van der Waals surface area contributed by atoms with Crippen LogP contribution in [0.5, 0.6) is 0 Å². The van der Waals surface area contributed by atoms with Crippen LogP contribution in [0.25, 0.3) is 0 Å². The van der Waals surface area contributed by atoms with Crippen molar-refractivity contribution < 1.29 is 9.18 Å². The predicted molar refractivity (Wildman–Crippen MR) is 61.2 cm³/mol. The summed E-state index contributed by atoms with van der Waals surface area (Å²) < 4.78 is 13.0. The maximum absolute atomic E-state index is 13.0. The summed E-state index contributed by atoms with van der Waals surface area (Å²) in [4.78, 5) is 11.3. The number of hydrogen-bond acceptors (Lipinski definition) is 2. The fraction of sp³-hybridized carbons (Fsp3) is 0.417. The molecule has 1 amide bonds. The molecule has 4 heteroatoms. The van der Waals surface area contributed by atoms with Crippen LogP contribution in [0.1, 0.15) is 31.9 Å². The molecule has 1 rings (SSSR count). The summed E-state index contributed by atoms with van der Waals surface area (Å²) in [6.07, 6.45) is 0.874. The molecular weight excluding hydrogens is 207 g/mol. The molecule has 3 nitrogen and oxygen atoms in total. The number of nitrogens with two attached hydrogens (primary N) is 1. The summed E-state index contributed by atoms with van der Waals surface area (Å²) in [6, 6.07) is 5.44. The molecule has 2 atom stereocenters. The third kappa shape index (κ3) is 3.31. The third-order valence-corrected chi connectivity index (χ3v) is 2.53. The molecule has 3 N–H and O–H groups in total. The van der Waals surface area contributed by atoms with Crippen molar-refractivity contribution in [3.05, 3.63) is 35.6 Å². The van der Waals surface area contributed by atoms with Gasteiger partial charge in [0.1, 0.15) is 11.9 Å². The van der Waals surface area contributed by atoms with Crippen molar-refractivity contribution >= 4 is 5.91 Å². The molecule has 1 aromatic carbocycles. The van der Waals surface area contributed by atoms with E-state index in [4.69, 9.17) is 5.73 Å². The molecule has 0 radical (unpaired) electrons. The van der Waals surface area contributed by atoms with E-state index < -0.39 is 11.9 Å². The van der Waals surface area contributed by atoms with Crippen LogP contribution >= 0.6 is 0 Å². The van der Waals surface area contributed by atoms with E-state index in [0.29, 0.717) is 5.56 Å². The lowest BCUT2D eigenvalue weighted by atomic mass is 10.0. The highest BCUT2D eigenvalue weighted by Crippen LogP contribution is 2.15. The molecule has 1 aromatic rings. The fourth-order valence-electron chi connectivity index (χ4n) is 1.43. The summed E-state index contributed by atoms with van der Waals surface area (Å²) in [5.41, 5.74) is 5.86. The Morgan fingerprint density at radius 1 is 1.56 bits per heavy atom. The van der Waals surface area contributed by atoms with Gasteiger partial charge >= 0.3 is 0 Å². The number of nitrogens with one attached hydrogen (secondary N) is 1. The van der Waals surface area contributed by atoms with Gasteiger partial charge in [0.2, 0.25) is 5.91 Å². The largest absolute Gasteiger partial charge is 0.368 e. The summed E-state index contributed by atoms with van der Waals surface area (Å²) in [7, 11) is 0. The lowest BCUT2D eigenvalue weighted by molar-refractivity contribution is -0.120. The van der Waals surface area contributed by atoms with Gasteiger partial charge in [-0.05, 0) is 31.0 Å². The SMILES string of the molecule is CCC(C)NC(C(N)=O)c1cccc(F)c1. The zero-order chi connectivity index (χ0) is 12.1. The number of rotatable bonds is 5. The number of carbonyl (C=O) groups excluding carboxylic acids is 1. The van der Waals surface area contributed by atoms with Crippen molar-refractivity contribution in [2.24, 2.45) is 5.73 Å². The van der Waals surface area contributed by atoms with Gasteiger partial charge < -0.3 is 5.73 Å². The van der Waals surface area contributed by atoms with Gasteiger partial charge in [-0.2, -0.15) is 0 Å². The van der Waals surface area contributed by atoms with Crippen LogP contribution in [0.3, 0.4) is 0 Å². The van der Waals surface area contributed by atoms with Crippen molar-refractivity contribution in [1.82, 2.24) is 5.32 Å². The number of primary amides is 1. The first-order chi connectivity index (χ1) is 7.54. The molecule has 0 saturated carbocycles. The summed E-state index contributed by atoms with van der Waals surface area (Å²) in [5, 5.41) is 3.07. The van der Waals surface area contributed by atoms with E-state index in [0.717, 1.165) is 6.42 Å². The van der Waals surface area contributed by atoms with Crippen molar-refractivity contribution in [3.63, 3.8) is 0 Å². The molecule has 88 valence electrons. The lowest BCUT2D eigenvalue weighted by Crippen LogP contribution is -2.38. The quantitative estimate of drug-likeness (QED) is 0.800. The zero-order valence-corrected chi connectivity index (χ0v) is 9.53. The van der Waals surface area contributed by atoms with Gasteiger partial charge in [0, 0.05) is 6.04 Å². The molecule has 0 saturated heterocycles. The summed E-state index contributed by atoms with van der Waals surface area (Å²) in [6.45, 7) is 3.95. The Balaban J connectivity index is 2.89. The van der Waals surface area contributed by atoms with Gasteiger partial charge in [-0.25, -0.2) is 4.39 Å². The highest BCUT2D eigenvalue weighted by Gasteiger charge is 2.19. The second-order valence-corrected chi connectivity index (χ2v) is 3.87. The lowest BCUT2D eigenvalue weighted by Gasteiger charge is -2.20. The molecule has 0 aliphatic heterocycles. The predicted octanol–water partition coefficient (Wildman–Crippen LogP) is 1.74. The standard InChI is InChI=1S/C12H17FN2O/c1-3-8(2)15-11(12(14)16)9-5-4-6-10(13)7-9/h4-8,11,15H,3H2,1-2H3,(H2,14,16). The average molecular weight is 224 g/mol. The maximum Gasteiger partial charge on any atom is 0.239 e. The monoisotopic (exact) mass is 224 g/mol. The summed E-state index contributed by atoms with van der Waals surface area (Å²) >= 11 is 0. The highest BCUT2D eigenvalue weighted by atomic mass is 19.1. The minimum Gasteiger partial charge on any atom is -0.368 e. The van der Waals surface area contributed by atoms with E-state index in [1.807, 2.05) is 13.8 Å². The van der Waals surface area contributed by atoms with Crippen LogP contribution in [0.2, 0.25) is 0 Å². The van der Waals surface area contributed by atoms with Crippen LogP contribution in [0.15, 0.2) is 24.3 Å². The third-order valence-electron chi connectivity index (χ3n) is 2.53. The molecule has 0 heterocycles. The first-order valence-electron chi connectivity index (χ1n) is 5.35. The Hall–Kier alpha value is -1.42. The normalized spacial score (nSPS) is 14.4. The number of carbonyl (C=O) groups is 1.